The molecular weight excluding hydrogens is 328 g/mol. The van der Waals surface area contributed by atoms with E-state index in [9.17, 15) is 0 Å². The predicted octanol–water partition coefficient (Wildman–Crippen LogP) is 8.30. The highest BCUT2D eigenvalue weighted by molar-refractivity contribution is 5.32. The van der Waals surface area contributed by atoms with E-state index >= 15 is 0 Å². The van der Waals surface area contributed by atoms with Crippen LogP contribution in [0, 0.1) is 12.0 Å². The summed E-state index contributed by atoms with van der Waals surface area (Å²) in [7, 11) is 0. The van der Waals surface area contributed by atoms with Crippen LogP contribution < -0.4 is 4.74 Å². The molecule has 1 saturated carbocycles. The molecule has 27 heavy (non-hydrogen) atoms. The van der Waals surface area contributed by atoms with Crippen molar-refractivity contribution in [2.24, 2.45) is 5.92 Å². The van der Waals surface area contributed by atoms with E-state index in [4.69, 9.17) is 4.74 Å². The molecule has 0 atom stereocenters. The largest absolute Gasteiger partial charge is 0.493 e. The van der Waals surface area contributed by atoms with Crippen LogP contribution in [0.15, 0.2) is 18.2 Å². The second-order valence-corrected chi connectivity index (χ2v) is 8.61. The molecule has 1 nitrogen and oxygen atoms in total. The van der Waals surface area contributed by atoms with E-state index in [1.54, 1.807) is 0 Å². The normalized spacial score (nSPS) is 14.7. The molecule has 1 fully saturated rings. The molecule has 2 rings (SSSR count). The first-order valence-electron chi connectivity index (χ1n) is 12.0. The monoisotopic (exact) mass is 371 g/mol. The Morgan fingerprint density at radius 1 is 0.889 bits per heavy atom. The lowest BCUT2D eigenvalue weighted by Gasteiger charge is -2.11. The van der Waals surface area contributed by atoms with Crippen molar-refractivity contribution in [1.29, 1.82) is 0 Å². The van der Waals surface area contributed by atoms with Gasteiger partial charge in [0.15, 0.2) is 0 Å². The van der Waals surface area contributed by atoms with Gasteiger partial charge >= 0.3 is 0 Å². The third-order valence-electron chi connectivity index (χ3n) is 6.20. The van der Waals surface area contributed by atoms with Crippen LogP contribution in [-0.4, -0.2) is 6.61 Å². The zero-order valence-corrected chi connectivity index (χ0v) is 17.9. The Morgan fingerprint density at radius 3 is 2.41 bits per heavy atom. The summed E-state index contributed by atoms with van der Waals surface area (Å²) in [5.41, 5.74) is 1.38. The number of rotatable bonds is 16. The van der Waals surface area contributed by atoms with Gasteiger partial charge in [0.2, 0.25) is 0 Å². The molecule has 153 valence electrons. The van der Waals surface area contributed by atoms with E-state index in [2.05, 4.69) is 19.1 Å². The molecule has 1 aliphatic carbocycles. The fourth-order valence-electron chi connectivity index (χ4n) is 4.43. The minimum atomic E-state index is 0.865. The van der Waals surface area contributed by atoms with Crippen molar-refractivity contribution in [2.75, 3.05) is 6.61 Å². The fourth-order valence-corrected chi connectivity index (χ4v) is 4.43. The second kappa shape index (κ2) is 15.0. The van der Waals surface area contributed by atoms with Crippen molar-refractivity contribution in [2.45, 2.75) is 116 Å². The standard InChI is InChI=1S/C26H43O/c1-2-3-4-5-8-11-20-25-21-14-15-22-26(25)27-23-16-9-6-7-10-17-24-18-12-13-19-24/h14,21-22,24H,2-13,16-20,23H2,1H3. The number of hydrogen-bond acceptors (Lipinski definition) is 1. The summed E-state index contributed by atoms with van der Waals surface area (Å²) in [5, 5.41) is 0. The molecule has 0 heterocycles. The Balaban J connectivity index is 1.49. The summed E-state index contributed by atoms with van der Waals surface area (Å²) in [5.74, 6) is 2.14. The van der Waals surface area contributed by atoms with E-state index in [-0.39, 0.29) is 0 Å². The average Bonchev–Trinajstić information content (AvgIpc) is 3.21. The first-order valence-corrected chi connectivity index (χ1v) is 12.0. The molecular formula is C26H43O. The van der Waals surface area contributed by atoms with Crippen molar-refractivity contribution in [3.05, 3.63) is 29.8 Å². The summed E-state index contributed by atoms with van der Waals surface area (Å²) in [6.45, 7) is 3.14. The molecule has 1 aromatic carbocycles. The van der Waals surface area contributed by atoms with Crippen molar-refractivity contribution in [3.63, 3.8) is 0 Å². The van der Waals surface area contributed by atoms with Crippen LogP contribution in [-0.2, 0) is 6.42 Å². The van der Waals surface area contributed by atoms with E-state index in [0.717, 1.165) is 24.7 Å². The quantitative estimate of drug-likeness (QED) is 0.265. The SMILES string of the molecule is CCCCCCCCc1cc[c]cc1OCCCCCCCC1CCCC1. The maximum atomic E-state index is 6.09. The molecule has 1 aliphatic rings. The van der Waals surface area contributed by atoms with E-state index in [1.165, 1.54) is 108 Å². The molecule has 1 heteroatoms. The van der Waals surface area contributed by atoms with Gasteiger partial charge in [-0.25, -0.2) is 0 Å². The Kier molecular flexibility index (Phi) is 12.4. The molecule has 0 unspecified atom stereocenters. The maximum Gasteiger partial charge on any atom is 0.123 e. The maximum absolute atomic E-state index is 6.09. The van der Waals surface area contributed by atoms with Gasteiger partial charge in [0, 0.05) is 0 Å². The van der Waals surface area contributed by atoms with Crippen LogP contribution >= 0.6 is 0 Å². The topological polar surface area (TPSA) is 9.23 Å². The summed E-state index contributed by atoms with van der Waals surface area (Å²) < 4.78 is 6.09. The van der Waals surface area contributed by atoms with Crippen molar-refractivity contribution >= 4 is 0 Å². The van der Waals surface area contributed by atoms with Gasteiger partial charge < -0.3 is 4.74 Å². The number of hydrogen-bond donors (Lipinski definition) is 0. The van der Waals surface area contributed by atoms with Gasteiger partial charge in [0.25, 0.3) is 0 Å². The van der Waals surface area contributed by atoms with Crippen LogP contribution in [0.1, 0.15) is 115 Å². The Hall–Kier alpha value is -0.980. The minimum Gasteiger partial charge on any atom is -0.493 e. The molecule has 0 N–H and O–H groups in total. The molecule has 1 radical (unpaired) electrons. The van der Waals surface area contributed by atoms with Crippen LogP contribution in [0.5, 0.6) is 5.75 Å². The van der Waals surface area contributed by atoms with Gasteiger partial charge in [0.05, 0.1) is 6.61 Å². The third-order valence-corrected chi connectivity index (χ3v) is 6.20. The van der Waals surface area contributed by atoms with Crippen LogP contribution in [0.3, 0.4) is 0 Å². The molecule has 1 aromatic rings. The molecule has 0 amide bonds. The minimum absolute atomic E-state index is 0.865. The lowest BCUT2D eigenvalue weighted by Crippen LogP contribution is -2.01. The van der Waals surface area contributed by atoms with Gasteiger partial charge in [0.1, 0.15) is 5.75 Å². The Morgan fingerprint density at radius 2 is 1.59 bits per heavy atom. The predicted molar refractivity (Wildman–Crippen MR) is 118 cm³/mol. The first kappa shape index (κ1) is 22.3. The Bertz CT molecular complexity index is 461. The molecule has 0 aromatic heterocycles. The molecule has 0 aliphatic heterocycles. The summed E-state index contributed by atoms with van der Waals surface area (Å²) in [6, 6.07) is 9.46. The van der Waals surface area contributed by atoms with Gasteiger partial charge in [-0.15, -0.1) is 0 Å². The number of ether oxygens (including phenoxy) is 1. The summed E-state index contributed by atoms with van der Waals surface area (Å²) in [4.78, 5) is 0. The fraction of sp³-hybridized carbons (Fsp3) is 0.769. The Labute approximate surface area is 169 Å². The van der Waals surface area contributed by atoms with Crippen molar-refractivity contribution < 1.29 is 4.74 Å². The highest BCUT2D eigenvalue weighted by Crippen LogP contribution is 2.29. The zero-order valence-electron chi connectivity index (χ0n) is 17.9. The van der Waals surface area contributed by atoms with E-state index in [1.807, 2.05) is 12.1 Å². The molecule has 0 bridgehead atoms. The van der Waals surface area contributed by atoms with Gasteiger partial charge in [-0.2, -0.15) is 0 Å². The van der Waals surface area contributed by atoms with Crippen molar-refractivity contribution in [1.82, 2.24) is 0 Å². The molecule has 0 saturated heterocycles. The highest BCUT2D eigenvalue weighted by Gasteiger charge is 2.13. The van der Waals surface area contributed by atoms with Crippen LogP contribution in [0.4, 0.5) is 0 Å². The van der Waals surface area contributed by atoms with Gasteiger partial charge in [-0.1, -0.05) is 109 Å². The number of unbranched alkanes of at least 4 members (excludes halogenated alkanes) is 9. The second-order valence-electron chi connectivity index (χ2n) is 8.61. The van der Waals surface area contributed by atoms with E-state index < -0.39 is 0 Å². The number of aryl methyl sites for hydroxylation is 1. The van der Waals surface area contributed by atoms with Crippen LogP contribution in [0.2, 0.25) is 0 Å². The summed E-state index contributed by atoms with van der Waals surface area (Å²) in [6.07, 6.45) is 23.5. The van der Waals surface area contributed by atoms with Gasteiger partial charge in [-0.3, -0.25) is 0 Å². The highest BCUT2D eigenvalue weighted by atomic mass is 16.5. The smallest absolute Gasteiger partial charge is 0.123 e. The van der Waals surface area contributed by atoms with Gasteiger partial charge in [-0.05, 0) is 42.9 Å². The third kappa shape index (κ3) is 10.2. The number of benzene rings is 1. The van der Waals surface area contributed by atoms with Crippen molar-refractivity contribution in [3.8, 4) is 5.75 Å². The molecule has 0 spiro atoms. The van der Waals surface area contributed by atoms with Crippen LogP contribution in [0.25, 0.3) is 0 Å². The van der Waals surface area contributed by atoms with E-state index in [0.29, 0.717) is 0 Å². The average molecular weight is 372 g/mol. The lowest BCUT2D eigenvalue weighted by atomic mass is 9.99. The summed E-state index contributed by atoms with van der Waals surface area (Å²) >= 11 is 0. The first-order chi connectivity index (χ1) is 13.4. The zero-order chi connectivity index (χ0) is 19.0. The lowest BCUT2D eigenvalue weighted by molar-refractivity contribution is 0.300.